The Labute approximate surface area is 106 Å². The van der Waals surface area contributed by atoms with Crippen molar-refractivity contribution in [2.24, 2.45) is 0 Å². The third-order valence-electron chi connectivity index (χ3n) is 2.92. The first-order valence-corrected chi connectivity index (χ1v) is 5.84. The van der Waals surface area contributed by atoms with Gasteiger partial charge in [0.05, 0.1) is 18.4 Å². The van der Waals surface area contributed by atoms with E-state index in [1.54, 1.807) is 6.07 Å². The van der Waals surface area contributed by atoms with Gasteiger partial charge in [0.2, 0.25) is 0 Å². The first kappa shape index (κ1) is 12.6. The molecule has 0 spiro atoms. The molecule has 0 saturated carbocycles. The van der Waals surface area contributed by atoms with Crippen molar-refractivity contribution in [2.75, 3.05) is 7.11 Å². The maximum atomic E-state index is 13.5. The van der Waals surface area contributed by atoms with Crippen molar-refractivity contribution in [3.63, 3.8) is 0 Å². The third kappa shape index (κ3) is 2.10. The molecule has 0 bridgehead atoms. The lowest BCUT2D eigenvalue weighted by molar-refractivity contribution is 0.261. The molecule has 2 rings (SSSR count). The summed E-state index contributed by atoms with van der Waals surface area (Å²) >= 11 is 0. The van der Waals surface area contributed by atoms with Crippen LogP contribution in [0.15, 0.2) is 22.7 Å². The monoisotopic (exact) mass is 249 g/mol. The summed E-state index contributed by atoms with van der Waals surface area (Å²) in [5, 5.41) is 3.87. The molecule has 96 valence electrons. The van der Waals surface area contributed by atoms with E-state index >= 15 is 0 Å². The van der Waals surface area contributed by atoms with Crippen molar-refractivity contribution in [3.05, 3.63) is 35.3 Å². The highest BCUT2D eigenvalue weighted by Crippen LogP contribution is 2.38. The van der Waals surface area contributed by atoms with E-state index in [1.165, 1.54) is 19.2 Å². The van der Waals surface area contributed by atoms with E-state index < -0.39 is 0 Å². The minimum absolute atomic E-state index is 0.277. The van der Waals surface area contributed by atoms with Crippen molar-refractivity contribution < 1.29 is 13.7 Å². The number of methoxy groups -OCH3 is 1. The molecule has 4 heteroatoms. The second-order valence-corrected chi connectivity index (χ2v) is 4.52. The van der Waals surface area contributed by atoms with Crippen LogP contribution in [0.3, 0.4) is 0 Å². The Hall–Kier alpha value is -1.84. The van der Waals surface area contributed by atoms with Crippen LogP contribution in [0.4, 0.5) is 4.39 Å². The highest BCUT2D eigenvalue weighted by molar-refractivity contribution is 5.73. The SMILES string of the molecule is COc1onc(C)c1-c1cc(F)ccc1C(C)C. The van der Waals surface area contributed by atoms with Crippen LogP contribution in [0.1, 0.15) is 31.0 Å². The highest BCUT2D eigenvalue weighted by atomic mass is 19.1. The topological polar surface area (TPSA) is 35.3 Å². The summed E-state index contributed by atoms with van der Waals surface area (Å²) in [7, 11) is 1.51. The van der Waals surface area contributed by atoms with Gasteiger partial charge in [0, 0.05) is 0 Å². The normalized spacial score (nSPS) is 11.0. The van der Waals surface area contributed by atoms with Crippen LogP contribution in [-0.4, -0.2) is 12.3 Å². The number of hydrogen-bond donors (Lipinski definition) is 0. The minimum Gasteiger partial charge on any atom is -0.467 e. The summed E-state index contributed by atoms with van der Waals surface area (Å²) in [6.07, 6.45) is 0. The number of aromatic nitrogens is 1. The Morgan fingerprint density at radius 3 is 2.67 bits per heavy atom. The van der Waals surface area contributed by atoms with Gasteiger partial charge in [-0.1, -0.05) is 25.1 Å². The molecule has 0 amide bonds. The van der Waals surface area contributed by atoms with E-state index in [2.05, 4.69) is 19.0 Å². The molecule has 0 atom stereocenters. The fourth-order valence-corrected chi connectivity index (χ4v) is 2.04. The predicted molar refractivity (Wildman–Crippen MR) is 67.3 cm³/mol. The van der Waals surface area contributed by atoms with Gasteiger partial charge in [-0.3, -0.25) is 0 Å². The van der Waals surface area contributed by atoms with E-state index in [4.69, 9.17) is 9.26 Å². The first-order valence-electron chi connectivity index (χ1n) is 5.84. The molecule has 0 aliphatic heterocycles. The van der Waals surface area contributed by atoms with Crippen molar-refractivity contribution in [3.8, 4) is 17.1 Å². The number of hydrogen-bond acceptors (Lipinski definition) is 3. The molecule has 18 heavy (non-hydrogen) atoms. The largest absolute Gasteiger partial charge is 0.467 e. The Kier molecular flexibility index (Phi) is 3.36. The molecule has 0 aliphatic carbocycles. The molecule has 2 aromatic rings. The van der Waals surface area contributed by atoms with Gasteiger partial charge in [-0.05, 0) is 36.1 Å². The molecule has 0 saturated heterocycles. The number of rotatable bonds is 3. The van der Waals surface area contributed by atoms with E-state index in [1.807, 2.05) is 6.92 Å². The zero-order valence-electron chi connectivity index (χ0n) is 11.0. The van der Waals surface area contributed by atoms with Crippen LogP contribution < -0.4 is 4.74 Å². The van der Waals surface area contributed by atoms with Crippen LogP contribution in [0.5, 0.6) is 5.95 Å². The summed E-state index contributed by atoms with van der Waals surface area (Å²) in [6.45, 7) is 5.94. The lowest BCUT2D eigenvalue weighted by Crippen LogP contribution is -1.95. The van der Waals surface area contributed by atoms with Crippen molar-refractivity contribution in [1.82, 2.24) is 5.16 Å². The Balaban J connectivity index is 2.69. The number of aryl methyl sites for hydroxylation is 1. The van der Waals surface area contributed by atoms with E-state index in [-0.39, 0.29) is 11.7 Å². The first-order chi connectivity index (χ1) is 8.54. The molecule has 3 nitrogen and oxygen atoms in total. The van der Waals surface area contributed by atoms with Gasteiger partial charge in [0.1, 0.15) is 5.82 Å². The average molecular weight is 249 g/mol. The molecule has 1 aromatic carbocycles. The third-order valence-corrected chi connectivity index (χ3v) is 2.92. The van der Waals surface area contributed by atoms with Crippen molar-refractivity contribution in [2.45, 2.75) is 26.7 Å². The Morgan fingerprint density at radius 2 is 2.06 bits per heavy atom. The van der Waals surface area contributed by atoms with Gasteiger partial charge < -0.3 is 9.26 Å². The van der Waals surface area contributed by atoms with Crippen molar-refractivity contribution >= 4 is 0 Å². The molecule has 1 heterocycles. The maximum Gasteiger partial charge on any atom is 0.319 e. The molecule has 1 aromatic heterocycles. The zero-order valence-corrected chi connectivity index (χ0v) is 11.0. The molecule has 0 aliphatic rings. The van der Waals surface area contributed by atoms with E-state index in [9.17, 15) is 4.39 Å². The van der Waals surface area contributed by atoms with Crippen LogP contribution in [0.25, 0.3) is 11.1 Å². The van der Waals surface area contributed by atoms with Gasteiger partial charge in [0.25, 0.3) is 0 Å². The lowest BCUT2D eigenvalue weighted by Gasteiger charge is -2.12. The molecule has 0 unspecified atom stereocenters. The quantitative estimate of drug-likeness (QED) is 0.827. The number of ether oxygens (including phenoxy) is 1. The van der Waals surface area contributed by atoms with Gasteiger partial charge in [0.15, 0.2) is 0 Å². The van der Waals surface area contributed by atoms with Gasteiger partial charge in [-0.2, -0.15) is 0 Å². The van der Waals surface area contributed by atoms with Crippen LogP contribution in [0, 0.1) is 12.7 Å². The Morgan fingerprint density at radius 1 is 1.33 bits per heavy atom. The predicted octanol–water partition coefficient (Wildman–Crippen LogP) is 3.92. The highest BCUT2D eigenvalue weighted by Gasteiger charge is 2.20. The second kappa shape index (κ2) is 4.80. The Bertz CT molecular complexity index is 561. The lowest BCUT2D eigenvalue weighted by atomic mass is 9.92. The average Bonchev–Trinajstić information content (AvgIpc) is 2.69. The fraction of sp³-hybridized carbons (Fsp3) is 0.357. The molecular weight excluding hydrogens is 233 g/mol. The summed E-state index contributed by atoms with van der Waals surface area (Å²) in [4.78, 5) is 0. The summed E-state index contributed by atoms with van der Waals surface area (Å²) < 4.78 is 23.7. The number of nitrogens with zero attached hydrogens (tertiary/aromatic N) is 1. The van der Waals surface area contributed by atoms with Gasteiger partial charge >= 0.3 is 5.95 Å². The van der Waals surface area contributed by atoms with Crippen molar-refractivity contribution in [1.29, 1.82) is 0 Å². The van der Waals surface area contributed by atoms with Crippen LogP contribution >= 0.6 is 0 Å². The molecular formula is C14H16FNO2. The second-order valence-electron chi connectivity index (χ2n) is 4.52. The van der Waals surface area contributed by atoms with Crippen LogP contribution in [-0.2, 0) is 0 Å². The van der Waals surface area contributed by atoms with Gasteiger partial charge in [-0.25, -0.2) is 4.39 Å². The number of halogens is 1. The molecule has 0 N–H and O–H groups in total. The summed E-state index contributed by atoms with van der Waals surface area (Å²) in [5.41, 5.74) is 3.24. The molecule has 0 radical (unpaired) electrons. The summed E-state index contributed by atoms with van der Waals surface area (Å²) in [6, 6.07) is 4.76. The van der Waals surface area contributed by atoms with E-state index in [0.717, 1.165) is 16.7 Å². The fourth-order valence-electron chi connectivity index (χ4n) is 2.04. The standard InChI is InChI=1S/C14H16FNO2/c1-8(2)11-6-5-10(15)7-12(11)13-9(3)16-18-14(13)17-4/h5-8H,1-4H3. The summed E-state index contributed by atoms with van der Waals surface area (Å²) in [5.74, 6) is 0.316. The number of benzene rings is 1. The zero-order chi connectivity index (χ0) is 13.3. The van der Waals surface area contributed by atoms with Gasteiger partial charge in [-0.15, -0.1) is 0 Å². The minimum atomic E-state index is -0.281. The smallest absolute Gasteiger partial charge is 0.319 e. The van der Waals surface area contributed by atoms with E-state index in [0.29, 0.717) is 11.6 Å². The maximum absolute atomic E-state index is 13.5. The molecule has 0 fully saturated rings. The van der Waals surface area contributed by atoms with Crippen LogP contribution in [0.2, 0.25) is 0 Å².